The summed E-state index contributed by atoms with van der Waals surface area (Å²) < 4.78 is 38.9. The zero-order valence-corrected chi connectivity index (χ0v) is 14.8. The first-order valence-electron chi connectivity index (χ1n) is 7.88. The van der Waals surface area contributed by atoms with Gasteiger partial charge >= 0.3 is 6.18 Å². The van der Waals surface area contributed by atoms with E-state index < -0.39 is 35.0 Å². The molecular formula is C17H24F3N3O2. The minimum Gasteiger partial charge on any atom is -0.332 e. The van der Waals surface area contributed by atoms with Crippen molar-refractivity contribution < 1.29 is 22.8 Å². The number of nitrogens with two attached hydrogens (primary N) is 1. The summed E-state index contributed by atoms with van der Waals surface area (Å²) >= 11 is 0. The van der Waals surface area contributed by atoms with Crippen LogP contribution in [-0.4, -0.2) is 35.8 Å². The number of hydrogen-bond acceptors (Lipinski definition) is 3. The zero-order valence-electron chi connectivity index (χ0n) is 14.8. The molecule has 0 aromatic heterocycles. The third-order valence-corrected chi connectivity index (χ3v) is 3.73. The van der Waals surface area contributed by atoms with E-state index in [1.807, 2.05) is 0 Å². The van der Waals surface area contributed by atoms with Crippen LogP contribution in [0.25, 0.3) is 0 Å². The fraction of sp³-hybridized carbons (Fsp3) is 0.529. The van der Waals surface area contributed by atoms with Gasteiger partial charge in [-0.15, -0.1) is 0 Å². The molecule has 0 fully saturated rings. The van der Waals surface area contributed by atoms with Crippen LogP contribution in [0.5, 0.6) is 0 Å². The molecule has 0 aliphatic carbocycles. The van der Waals surface area contributed by atoms with E-state index in [-0.39, 0.29) is 18.8 Å². The highest BCUT2D eigenvalue weighted by Gasteiger charge is 2.34. The third-order valence-electron chi connectivity index (χ3n) is 3.73. The van der Waals surface area contributed by atoms with Gasteiger partial charge in [0.1, 0.15) is 0 Å². The Morgan fingerprint density at radius 1 is 1.20 bits per heavy atom. The van der Waals surface area contributed by atoms with Gasteiger partial charge in [0.2, 0.25) is 11.8 Å². The molecule has 1 aromatic carbocycles. The zero-order chi connectivity index (χ0) is 19.4. The fourth-order valence-corrected chi connectivity index (χ4v) is 2.12. The third kappa shape index (κ3) is 5.74. The van der Waals surface area contributed by atoms with Crippen LogP contribution in [0.4, 0.5) is 18.9 Å². The highest BCUT2D eigenvalue weighted by molar-refractivity contribution is 5.96. The van der Waals surface area contributed by atoms with E-state index in [1.54, 1.807) is 27.7 Å². The van der Waals surface area contributed by atoms with Gasteiger partial charge in [0.25, 0.3) is 0 Å². The van der Waals surface area contributed by atoms with Crippen molar-refractivity contribution in [3.05, 3.63) is 29.8 Å². The molecule has 2 amide bonds. The first-order chi connectivity index (χ1) is 11.4. The fourth-order valence-electron chi connectivity index (χ4n) is 2.12. The topological polar surface area (TPSA) is 75.4 Å². The molecular weight excluding hydrogens is 335 g/mol. The van der Waals surface area contributed by atoms with Crippen molar-refractivity contribution in [1.29, 1.82) is 0 Å². The Morgan fingerprint density at radius 2 is 1.76 bits per heavy atom. The van der Waals surface area contributed by atoms with Crippen molar-refractivity contribution >= 4 is 17.5 Å². The SMILES string of the molecule is CCN(CC(=O)Nc1ccccc1C(F)(F)F)C(=O)[C@@H](N)C(C)(C)C. The molecule has 140 valence electrons. The maximum Gasteiger partial charge on any atom is 0.418 e. The molecule has 1 aromatic rings. The Bertz CT molecular complexity index is 624. The summed E-state index contributed by atoms with van der Waals surface area (Å²) in [5.74, 6) is -1.14. The van der Waals surface area contributed by atoms with Gasteiger partial charge in [-0.2, -0.15) is 13.2 Å². The number of anilines is 1. The van der Waals surface area contributed by atoms with Crippen LogP contribution in [0.3, 0.4) is 0 Å². The van der Waals surface area contributed by atoms with Crippen LogP contribution in [-0.2, 0) is 15.8 Å². The van der Waals surface area contributed by atoms with E-state index in [0.717, 1.165) is 6.07 Å². The number of nitrogens with one attached hydrogen (secondary N) is 1. The van der Waals surface area contributed by atoms with Crippen molar-refractivity contribution in [2.45, 2.75) is 39.9 Å². The van der Waals surface area contributed by atoms with Crippen LogP contribution in [0.2, 0.25) is 0 Å². The van der Waals surface area contributed by atoms with Gasteiger partial charge in [-0.25, -0.2) is 0 Å². The number of hydrogen-bond donors (Lipinski definition) is 2. The highest BCUT2D eigenvalue weighted by atomic mass is 19.4. The number of carbonyl (C=O) groups is 2. The van der Waals surface area contributed by atoms with Crippen molar-refractivity contribution in [1.82, 2.24) is 4.90 Å². The second-order valence-electron chi connectivity index (χ2n) is 6.79. The molecule has 0 bridgehead atoms. The molecule has 3 N–H and O–H groups in total. The van der Waals surface area contributed by atoms with Crippen LogP contribution < -0.4 is 11.1 Å². The van der Waals surface area contributed by atoms with Gasteiger partial charge in [0, 0.05) is 6.54 Å². The summed E-state index contributed by atoms with van der Waals surface area (Å²) in [5, 5.41) is 2.22. The number of likely N-dealkylation sites (N-methyl/N-ethyl adjacent to an activating group) is 1. The first-order valence-corrected chi connectivity index (χ1v) is 7.88. The summed E-state index contributed by atoms with van der Waals surface area (Å²) in [5.41, 5.74) is 4.13. The Kier molecular flexibility index (Phi) is 6.59. The van der Waals surface area contributed by atoms with Crippen LogP contribution >= 0.6 is 0 Å². The van der Waals surface area contributed by atoms with Crippen LogP contribution in [0.1, 0.15) is 33.3 Å². The predicted molar refractivity (Wildman–Crippen MR) is 89.8 cm³/mol. The molecule has 8 heteroatoms. The molecule has 5 nitrogen and oxygen atoms in total. The Labute approximate surface area is 145 Å². The molecule has 0 spiro atoms. The number of amides is 2. The van der Waals surface area contributed by atoms with Crippen molar-refractivity contribution in [3.63, 3.8) is 0 Å². The predicted octanol–water partition coefficient (Wildman–Crippen LogP) is 2.87. The van der Waals surface area contributed by atoms with Gasteiger partial charge in [-0.05, 0) is 24.5 Å². The van der Waals surface area contributed by atoms with Crippen molar-refractivity contribution in [2.75, 3.05) is 18.4 Å². The second kappa shape index (κ2) is 7.86. The van der Waals surface area contributed by atoms with E-state index in [4.69, 9.17) is 5.73 Å². The van der Waals surface area contributed by atoms with Gasteiger partial charge in [0.05, 0.1) is 23.8 Å². The molecule has 0 aliphatic rings. The van der Waals surface area contributed by atoms with E-state index in [2.05, 4.69) is 5.32 Å². The number of rotatable bonds is 5. The maximum atomic E-state index is 13.0. The summed E-state index contributed by atoms with van der Waals surface area (Å²) in [6.45, 7) is 6.90. The number of carbonyl (C=O) groups excluding carboxylic acids is 2. The molecule has 0 heterocycles. The van der Waals surface area contributed by atoms with Gasteiger partial charge < -0.3 is 16.0 Å². The normalized spacial score (nSPS) is 13.3. The molecule has 0 unspecified atom stereocenters. The smallest absolute Gasteiger partial charge is 0.332 e. The lowest BCUT2D eigenvalue weighted by Crippen LogP contribution is -2.52. The highest BCUT2D eigenvalue weighted by Crippen LogP contribution is 2.34. The summed E-state index contributed by atoms with van der Waals surface area (Å²) in [4.78, 5) is 25.7. The maximum absolute atomic E-state index is 13.0. The Hall–Kier alpha value is -2.09. The van der Waals surface area contributed by atoms with Crippen LogP contribution in [0.15, 0.2) is 24.3 Å². The lowest BCUT2D eigenvalue weighted by molar-refractivity contribution is -0.138. The van der Waals surface area contributed by atoms with E-state index in [9.17, 15) is 22.8 Å². The summed E-state index contributed by atoms with van der Waals surface area (Å²) in [6, 6.07) is 3.86. The molecule has 1 atom stereocenters. The van der Waals surface area contributed by atoms with Crippen LogP contribution in [0, 0.1) is 5.41 Å². The molecule has 0 aliphatic heterocycles. The average Bonchev–Trinajstić information content (AvgIpc) is 2.49. The van der Waals surface area contributed by atoms with Crippen molar-refractivity contribution in [3.8, 4) is 0 Å². The molecule has 0 saturated carbocycles. The minimum atomic E-state index is -4.58. The Balaban J connectivity index is 2.87. The minimum absolute atomic E-state index is 0.219. The Morgan fingerprint density at radius 3 is 2.24 bits per heavy atom. The van der Waals surface area contributed by atoms with E-state index in [0.29, 0.717) is 0 Å². The second-order valence-corrected chi connectivity index (χ2v) is 6.79. The van der Waals surface area contributed by atoms with Crippen molar-refractivity contribution in [2.24, 2.45) is 11.1 Å². The van der Waals surface area contributed by atoms with E-state index in [1.165, 1.54) is 23.1 Å². The first kappa shape index (κ1) is 21.0. The number of benzene rings is 1. The summed E-state index contributed by atoms with van der Waals surface area (Å²) in [7, 11) is 0. The largest absolute Gasteiger partial charge is 0.418 e. The number of alkyl halides is 3. The quantitative estimate of drug-likeness (QED) is 0.849. The van der Waals surface area contributed by atoms with E-state index >= 15 is 0 Å². The number of nitrogens with zero attached hydrogens (tertiary/aromatic N) is 1. The van der Waals surface area contributed by atoms with Gasteiger partial charge in [-0.3, -0.25) is 9.59 Å². The lowest BCUT2D eigenvalue weighted by atomic mass is 9.86. The number of para-hydroxylation sites is 1. The molecule has 0 saturated heterocycles. The van der Waals surface area contributed by atoms with Gasteiger partial charge in [0.15, 0.2) is 0 Å². The molecule has 0 radical (unpaired) electrons. The lowest BCUT2D eigenvalue weighted by Gasteiger charge is -2.31. The average molecular weight is 359 g/mol. The molecule has 25 heavy (non-hydrogen) atoms. The monoisotopic (exact) mass is 359 g/mol. The summed E-state index contributed by atoms with van der Waals surface area (Å²) in [6.07, 6.45) is -4.58. The van der Waals surface area contributed by atoms with Gasteiger partial charge in [-0.1, -0.05) is 32.9 Å². The molecule has 1 rings (SSSR count). The number of halogens is 3. The standard InChI is InChI=1S/C17H24F3N3O2/c1-5-23(15(25)14(21)16(2,3)4)10-13(24)22-12-9-7-6-8-11(12)17(18,19)20/h6-9,14H,5,10,21H2,1-4H3,(H,22,24)/t14-/m1/s1.